The second kappa shape index (κ2) is 8.04. The van der Waals surface area contributed by atoms with Gasteiger partial charge in [0.05, 0.1) is 16.5 Å². The molecule has 32 heavy (non-hydrogen) atoms. The highest BCUT2D eigenvalue weighted by Crippen LogP contribution is 2.33. The first-order chi connectivity index (χ1) is 15.2. The van der Waals surface area contributed by atoms with Gasteiger partial charge in [-0.2, -0.15) is 0 Å². The second-order valence-electron chi connectivity index (χ2n) is 7.09. The normalized spacial score (nSPS) is 10.9. The third-order valence-electron chi connectivity index (χ3n) is 4.82. The van der Waals surface area contributed by atoms with Crippen molar-refractivity contribution >= 4 is 10.8 Å². The zero-order valence-electron chi connectivity index (χ0n) is 16.3. The predicted octanol–water partition coefficient (Wildman–Crippen LogP) is 7.19. The highest BCUT2D eigenvalue weighted by Gasteiger charge is 2.20. The third kappa shape index (κ3) is 3.80. The third-order valence-corrected chi connectivity index (χ3v) is 4.82. The summed E-state index contributed by atoms with van der Waals surface area (Å²) in [7, 11) is 0. The largest absolute Gasteiger partial charge is 0.206 e. The van der Waals surface area contributed by atoms with Crippen molar-refractivity contribution in [1.29, 1.82) is 0 Å². The Bertz CT molecular complexity index is 1440. The maximum absolute atomic E-state index is 14.7. The van der Waals surface area contributed by atoms with Crippen LogP contribution in [0.5, 0.6) is 0 Å². The average Bonchev–Trinajstić information content (AvgIpc) is 2.70. The van der Waals surface area contributed by atoms with E-state index in [0.29, 0.717) is 17.7 Å². The summed E-state index contributed by atoms with van der Waals surface area (Å²) in [4.78, 5) is 0. The fourth-order valence-electron chi connectivity index (χ4n) is 3.31. The molecule has 0 N–H and O–H groups in total. The molecule has 0 atom stereocenters. The Morgan fingerprint density at radius 2 is 1.28 bits per heavy atom. The Hall–Kier alpha value is -3.79. The second-order valence-corrected chi connectivity index (χ2v) is 7.09. The smallest absolute Gasteiger partial charge is 0.195 e. The molecule has 0 spiro atoms. The minimum atomic E-state index is -1.85. The fourth-order valence-corrected chi connectivity index (χ4v) is 3.31. The van der Waals surface area contributed by atoms with Crippen LogP contribution in [0.1, 0.15) is 16.7 Å². The minimum Gasteiger partial charge on any atom is -0.206 e. The zero-order valence-corrected chi connectivity index (χ0v) is 16.3. The maximum Gasteiger partial charge on any atom is 0.195 e. The van der Waals surface area contributed by atoms with E-state index in [1.54, 1.807) is 13.0 Å². The van der Waals surface area contributed by atoms with E-state index in [1.807, 2.05) is 0 Å². The van der Waals surface area contributed by atoms with Crippen LogP contribution < -0.4 is 0 Å². The van der Waals surface area contributed by atoms with Gasteiger partial charge in [-0.25, -0.2) is 30.7 Å². The summed E-state index contributed by atoms with van der Waals surface area (Å²) < 4.78 is 98.5. The van der Waals surface area contributed by atoms with E-state index in [-0.39, 0.29) is 16.7 Å². The van der Waals surface area contributed by atoms with Gasteiger partial charge < -0.3 is 0 Å². The lowest BCUT2D eigenvalue weighted by atomic mass is 9.98. The van der Waals surface area contributed by atoms with Gasteiger partial charge in [0.25, 0.3) is 0 Å². The molecule has 4 rings (SSSR count). The molecule has 0 aliphatic carbocycles. The standard InChI is InChI=1S/C25H11F7/c1-12-2-4-14(17(26)6-12)5-3-13-7-18(27)22(19(28)8-13)15-9-16-11-21(30)24(31)25(32)23(16)20(29)10-15/h2,4,6-11H,1H3. The number of aryl methyl sites for hydroxylation is 1. The first-order valence-corrected chi connectivity index (χ1v) is 9.20. The summed E-state index contributed by atoms with van der Waals surface area (Å²) in [6.07, 6.45) is 0. The minimum absolute atomic E-state index is 0.0355. The van der Waals surface area contributed by atoms with E-state index >= 15 is 0 Å². The van der Waals surface area contributed by atoms with Crippen molar-refractivity contribution in [1.82, 2.24) is 0 Å². The van der Waals surface area contributed by atoms with Crippen molar-refractivity contribution < 1.29 is 30.7 Å². The van der Waals surface area contributed by atoms with Gasteiger partial charge in [-0.3, -0.25) is 0 Å². The first-order valence-electron chi connectivity index (χ1n) is 9.20. The Morgan fingerprint density at radius 1 is 0.594 bits per heavy atom. The van der Waals surface area contributed by atoms with Crippen molar-refractivity contribution in [2.24, 2.45) is 0 Å². The summed E-state index contributed by atoms with van der Waals surface area (Å²) in [5, 5.41) is -1.25. The van der Waals surface area contributed by atoms with Gasteiger partial charge in [-0.15, -0.1) is 0 Å². The molecular weight excluding hydrogens is 433 g/mol. The molecule has 0 nitrogen and oxygen atoms in total. The predicted molar refractivity (Wildman–Crippen MR) is 106 cm³/mol. The molecule has 4 aromatic rings. The Labute approximate surface area is 177 Å². The van der Waals surface area contributed by atoms with Crippen molar-refractivity contribution in [3.63, 3.8) is 0 Å². The van der Waals surface area contributed by atoms with Crippen LogP contribution in [0, 0.1) is 59.5 Å². The lowest BCUT2D eigenvalue weighted by Gasteiger charge is -2.10. The van der Waals surface area contributed by atoms with Crippen LogP contribution in [0.2, 0.25) is 0 Å². The number of hydrogen-bond donors (Lipinski definition) is 0. The molecular formula is C25H11F7. The summed E-state index contributed by atoms with van der Waals surface area (Å²) in [5.74, 6) is -4.36. The quantitative estimate of drug-likeness (QED) is 0.166. The maximum atomic E-state index is 14.7. The van der Waals surface area contributed by atoms with Gasteiger partial charge in [0.2, 0.25) is 0 Å². The van der Waals surface area contributed by atoms with Crippen molar-refractivity contribution in [2.45, 2.75) is 6.92 Å². The molecule has 0 amide bonds. The van der Waals surface area contributed by atoms with Gasteiger partial charge in [0.15, 0.2) is 17.5 Å². The number of halogens is 7. The van der Waals surface area contributed by atoms with E-state index in [1.165, 1.54) is 12.1 Å². The summed E-state index contributed by atoms with van der Waals surface area (Å²) in [5.41, 5.74) is -0.403. The Balaban J connectivity index is 1.80. The van der Waals surface area contributed by atoms with Crippen LogP contribution in [0.4, 0.5) is 30.7 Å². The molecule has 0 fully saturated rings. The van der Waals surface area contributed by atoms with Gasteiger partial charge in [-0.1, -0.05) is 17.9 Å². The molecule has 0 saturated heterocycles. The number of benzene rings is 4. The molecule has 7 heteroatoms. The monoisotopic (exact) mass is 444 g/mol. The molecule has 160 valence electrons. The van der Waals surface area contributed by atoms with Gasteiger partial charge >= 0.3 is 0 Å². The van der Waals surface area contributed by atoms with Crippen molar-refractivity contribution in [3.05, 3.63) is 106 Å². The van der Waals surface area contributed by atoms with E-state index in [4.69, 9.17) is 0 Å². The van der Waals surface area contributed by atoms with E-state index in [0.717, 1.165) is 18.2 Å². The highest BCUT2D eigenvalue weighted by molar-refractivity contribution is 5.89. The molecule has 0 heterocycles. The zero-order chi connectivity index (χ0) is 23.2. The van der Waals surface area contributed by atoms with E-state index in [2.05, 4.69) is 11.8 Å². The van der Waals surface area contributed by atoms with E-state index in [9.17, 15) is 30.7 Å². The lowest BCUT2D eigenvalue weighted by molar-refractivity contribution is 0.451. The number of fused-ring (bicyclic) bond motifs is 1. The molecule has 4 aromatic carbocycles. The Kier molecular flexibility index (Phi) is 5.39. The number of hydrogen-bond acceptors (Lipinski definition) is 0. The van der Waals surface area contributed by atoms with Crippen LogP contribution in [-0.2, 0) is 0 Å². The van der Waals surface area contributed by atoms with Crippen LogP contribution >= 0.6 is 0 Å². The SMILES string of the molecule is Cc1ccc(C#Cc2cc(F)c(-c3cc(F)c4c(F)c(F)c(F)cc4c3)c(F)c2)c(F)c1. The van der Waals surface area contributed by atoms with Gasteiger partial charge in [0.1, 0.15) is 23.3 Å². The average molecular weight is 444 g/mol. The van der Waals surface area contributed by atoms with Crippen molar-refractivity contribution in [2.75, 3.05) is 0 Å². The van der Waals surface area contributed by atoms with Crippen LogP contribution in [0.3, 0.4) is 0 Å². The summed E-state index contributed by atoms with van der Waals surface area (Å²) >= 11 is 0. The molecule has 0 aliphatic rings. The fraction of sp³-hybridized carbons (Fsp3) is 0.0400. The van der Waals surface area contributed by atoms with Crippen LogP contribution in [0.15, 0.2) is 48.5 Å². The van der Waals surface area contributed by atoms with Crippen LogP contribution in [-0.4, -0.2) is 0 Å². The Morgan fingerprint density at radius 3 is 1.94 bits per heavy atom. The topological polar surface area (TPSA) is 0 Å². The lowest BCUT2D eigenvalue weighted by Crippen LogP contribution is -1.97. The summed E-state index contributed by atoms with van der Waals surface area (Å²) in [6.45, 7) is 1.69. The number of rotatable bonds is 1. The first kappa shape index (κ1) is 21.4. The molecule has 0 bridgehead atoms. The molecule has 0 unspecified atom stereocenters. The van der Waals surface area contributed by atoms with Crippen LogP contribution in [0.25, 0.3) is 21.9 Å². The van der Waals surface area contributed by atoms with Gasteiger partial charge in [0, 0.05) is 5.56 Å². The molecule has 0 aliphatic heterocycles. The van der Waals surface area contributed by atoms with Crippen molar-refractivity contribution in [3.8, 4) is 23.0 Å². The highest BCUT2D eigenvalue weighted by atomic mass is 19.2. The molecule has 0 aromatic heterocycles. The van der Waals surface area contributed by atoms with E-state index < -0.39 is 57.1 Å². The molecule has 0 radical (unpaired) electrons. The van der Waals surface area contributed by atoms with Gasteiger partial charge in [-0.05, 0) is 65.9 Å². The molecule has 0 saturated carbocycles. The summed E-state index contributed by atoms with van der Waals surface area (Å²) in [6, 6.07) is 8.15.